The van der Waals surface area contributed by atoms with Crippen molar-refractivity contribution < 1.29 is 24.2 Å². The molecule has 0 radical (unpaired) electrons. The molecule has 0 aliphatic carbocycles. The Hall–Kier alpha value is -4.55. The number of aliphatic hydroxyl groups is 1. The molecule has 4 aromatic rings. The van der Waals surface area contributed by atoms with Gasteiger partial charge in [-0.05, 0) is 60.0 Å². The summed E-state index contributed by atoms with van der Waals surface area (Å²) in [7, 11) is 1.43. The Balaban J connectivity index is 1.66. The van der Waals surface area contributed by atoms with Gasteiger partial charge in [-0.1, -0.05) is 72.3 Å². The van der Waals surface area contributed by atoms with Gasteiger partial charge in [0.1, 0.15) is 23.9 Å². The van der Waals surface area contributed by atoms with E-state index in [9.17, 15) is 14.7 Å². The minimum absolute atomic E-state index is 0.0657. The molecule has 5 rings (SSSR count). The zero-order chi connectivity index (χ0) is 27.5. The number of rotatable bonds is 7. The summed E-state index contributed by atoms with van der Waals surface area (Å²) in [5.74, 6) is -1.15. The molecule has 7 heteroatoms. The minimum atomic E-state index is -0.920. The standard InChI is InChI=1S/C32H26ClNO5/c1-20-16-25(31(38-2)26(33)17-20)29(35)27-28(34(32(37)30(27)36)23-13-7-4-8-14-23)22-12-9-15-24(18-22)39-19-21-10-5-3-6-11-21/h3-18,28,35H,19H2,1-2H3/b29-27+. The van der Waals surface area contributed by atoms with Crippen LogP contribution in [0.2, 0.25) is 5.02 Å². The summed E-state index contributed by atoms with van der Waals surface area (Å²) in [6.45, 7) is 2.16. The number of methoxy groups -OCH3 is 1. The van der Waals surface area contributed by atoms with Crippen molar-refractivity contribution in [3.8, 4) is 11.5 Å². The second kappa shape index (κ2) is 11.1. The van der Waals surface area contributed by atoms with Gasteiger partial charge in [-0.25, -0.2) is 0 Å². The molecular weight excluding hydrogens is 514 g/mol. The van der Waals surface area contributed by atoms with E-state index in [1.54, 1.807) is 54.6 Å². The van der Waals surface area contributed by atoms with Gasteiger partial charge in [0, 0.05) is 5.69 Å². The Labute approximate surface area is 231 Å². The number of aryl methyl sites for hydroxylation is 1. The second-order valence-electron chi connectivity index (χ2n) is 9.18. The molecule has 1 atom stereocenters. The highest BCUT2D eigenvalue weighted by atomic mass is 35.5. The molecule has 1 aliphatic rings. The molecule has 1 saturated heterocycles. The molecule has 196 valence electrons. The van der Waals surface area contributed by atoms with Gasteiger partial charge in [-0.15, -0.1) is 0 Å². The number of amides is 1. The van der Waals surface area contributed by atoms with Crippen LogP contribution in [-0.4, -0.2) is 23.9 Å². The van der Waals surface area contributed by atoms with Crippen LogP contribution in [0.4, 0.5) is 5.69 Å². The molecule has 39 heavy (non-hydrogen) atoms. The summed E-state index contributed by atoms with van der Waals surface area (Å²) in [4.78, 5) is 28.4. The maximum Gasteiger partial charge on any atom is 0.300 e. The highest BCUT2D eigenvalue weighted by Crippen LogP contribution is 2.45. The van der Waals surface area contributed by atoms with Gasteiger partial charge in [0.15, 0.2) is 0 Å². The summed E-state index contributed by atoms with van der Waals surface area (Å²) in [5.41, 5.74) is 3.05. The molecule has 1 amide bonds. The maximum atomic E-state index is 13.5. The van der Waals surface area contributed by atoms with Crippen LogP contribution in [0.1, 0.15) is 28.3 Å². The smallest absolute Gasteiger partial charge is 0.300 e. The summed E-state index contributed by atoms with van der Waals surface area (Å²) >= 11 is 6.40. The number of hydrogen-bond acceptors (Lipinski definition) is 5. The van der Waals surface area contributed by atoms with Crippen LogP contribution in [0.3, 0.4) is 0 Å². The van der Waals surface area contributed by atoms with Crippen molar-refractivity contribution in [2.24, 2.45) is 0 Å². The topological polar surface area (TPSA) is 76.1 Å². The van der Waals surface area contributed by atoms with Crippen LogP contribution >= 0.6 is 11.6 Å². The van der Waals surface area contributed by atoms with E-state index in [0.29, 0.717) is 23.6 Å². The predicted molar refractivity (Wildman–Crippen MR) is 151 cm³/mol. The Morgan fingerprint density at radius 3 is 2.31 bits per heavy atom. The first kappa shape index (κ1) is 26.1. The van der Waals surface area contributed by atoms with E-state index in [-0.39, 0.29) is 27.7 Å². The lowest BCUT2D eigenvalue weighted by molar-refractivity contribution is -0.132. The molecule has 0 bridgehead atoms. The predicted octanol–water partition coefficient (Wildman–Crippen LogP) is 6.86. The molecule has 4 aromatic carbocycles. The summed E-state index contributed by atoms with van der Waals surface area (Å²) in [6, 6.07) is 28.3. The van der Waals surface area contributed by atoms with Gasteiger partial charge in [-0.2, -0.15) is 0 Å². The van der Waals surface area contributed by atoms with E-state index in [1.807, 2.05) is 49.4 Å². The summed E-state index contributed by atoms with van der Waals surface area (Å²) in [5, 5.41) is 11.9. The van der Waals surface area contributed by atoms with Gasteiger partial charge < -0.3 is 14.6 Å². The maximum absolute atomic E-state index is 13.5. The normalized spacial score (nSPS) is 16.4. The van der Waals surface area contributed by atoms with Crippen LogP contribution < -0.4 is 14.4 Å². The number of carbonyl (C=O) groups is 2. The van der Waals surface area contributed by atoms with Gasteiger partial charge in [0.05, 0.1) is 29.3 Å². The number of ketones is 1. The Kier molecular flexibility index (Phi) is 7.39. The van der Waals surface area contributed by atoms with E-state index in [0.717, 1.165) is 11.1 Å². The number of ether oxygens (including phenoxy) is 2. The first-order chi connectivity index (χ1) is 18.9. The average molecular weight is 540 g/mol. The summed E-state index contributed by atoms with van der Waals surface area (Å²) in [6.07, 6.45) is 0. The molecule has 0 spiro atoms. The molecule has 0 saturated carbocycles. The van der Waals surface area contributed by atoms with E-state index >= 15 is 0 Å². The average Bonchev–Trinajstić information content (AvgIpc) is 3.22. The van der Waals surface area contributed by atoms with Gasteiger partial charge >= 0.3 is 0 Å². The van der Waals surface area contributed by atoms with Gasteiger partial charge in [0.2, 0.25) is 0 Å². The SMILES string of the molecule is COc1c(Cl)cc(C)cc1/C(O)=C1\C(=O)C(=O)N(c2ccccc2)C1c1cccc(OCc2ccccc2)c1. The first-order valence-corrected chi connectivity index (χ1v) is 12.7. The second-order valence-corrected chi connectivity index (χ2v) is 9.59. The highest BCUT2D eigenvalue weighted by molar-refractivity contribution is 6.51. The molecule has 1 unspecified atom stereocenters. The largest absolute Gasteiger partial charge is 0.507 e. The van der Waals surface area contributed by atoms with E-state index in [2.05, 4.69) is 0 Å². The number of nitrogens with zero attached hydrogens (tertiary/aromatic N) is 1. The number of Topliss-reactive ketones (excluding diaryl/α,β-unsaturated/α-hetero) is 1. The van der Waals surface area contributed by atoms with E-state index in [1.165, 1.54) is 12.0 Å². The molecule has 1 N–H and O–H groups in total. The molecule has 6 nitrogen and oxygen atoms in total. The zero-order valence-corrected chi connectivity index (χ0v) is 22.2. The van der Waals surface area contributed by atoms with Crippen molar-refractivity contribution in [1.82, 2.24) is 0 Å². The number of benzene rings is 4. The van der Waals surface area contributed by atoms with Gasteiger partial charge in [-0.3, -0.25) is 14.5 Å². The number of para-hydroxylation sites is 1. The number of carbonyl (C=O) groups excluding carboxylic acids is 2. The lowest BCUT2D eigenvalue weighted by atomic mass is 9.94. The fourth-order valence-corrected chi connectivity index (χ4v) is 5.13. The Morgan fingerprint density at radius 1 is 0.923 bits per heavy atom. The third kappa shape index (κ3) is 5.11. The number of aliphatic hydroxyl groups excluding tert-OH is 1. The Bertz CT molecular complexity index is 1570. The van der Waals surface area contributed by atoms with Crippen molar-refractivity contribution in [2.45, 2.75) is 19.6 Å². The molecule has 0 aromatic heterocycles. The number of halogens is 1. The van der Waals surface area contributed by atoms with Crippen molar-refractivity contribution in [2.75, 3.05) is 12.0 Å². The number of anilines is 1. The lowest BCUT2D eigenvalue weighted by Crippen LogP contribution is -2.29. The van der Waals surface area contributed by atoms with Crippen LogP contribution in [0, 0.1) is 6.92 Å². The van der Waals surface area contributed by atoms with E-state index < -0.39 is 17.7 Å². The number of hydrogen-bond donors (Lipinski definition) is 1. The van der Waals surface area contributed by atoms with Crippen LogP contribution in [0.25, 0.3) is 5.76 Å². The monoisotopic (exact) mass is 539 g/mol. The van der Waals surface area contributed by atoms with Crippen molar-refractivity contribution in [3.05, 3.63) is 130 Å². The van der Waals surface area contributed by atoms with Crippen LogP contribution in [0.5, 0.6) is 11.5 Å². The fraction of sp³-hybridized carbons (Fsp3) is 0.125. The fourth-order valence-electron chi connectivity index (χ4n) is 4.78. The molecule has 1 fully saturated rings. The van der Waals surface area contributed by atoms with Crippen molar-refractivity contribution in [3.63, 3.8) is 0 Å². The molecule has 1 heterocycles. The van der Waals surface area contributed by atoms with Crippen LogP contribution in [-0.2, 0) is 16.2 Å². The van der Waals surface area contributed by atoms with Crippen LogP contribution in [0.15, 0.2) is 103 Å². The van der Waals surface area contributed by atoms with Gasteiger partial charge in [0.25, 0.3) is 11.7 Å². The first-order valence-electron chi connectivity index (χ1n) is 12.4. The third-order valence-electron chi connectivity index (χ3n) is 6.55. The third-order valence-corrected chi connectivity index (χ3v) is 6.83. The minimum Gasteiger partial charge on any atom is -0.507 e. The zero-order valence-electron chi connectivity index (χ0n) is 21.4. The van der Waals surface area contributed by atoms with E-state index in [4.69, 9.17) is 21.1 Å². The molecular formula is C32H26ClNO5. The molecule has 1 aliphatic heterocycles. The highest BCUT2D eigenvalue weighted by Gasteiger charge is 2.47. The quantitative estimate of drug-likeness (QED) is 0.158. The lowest BCUT2D eigenvalue weighted by Gasteiger charge is -2.26. The Morgan fingerprint density at radius 2 is 1.62 bits per heavy atom. The van der Waals surface area contributed by atoms with Crippen molar-refractivity contribution >= 4 is 34.7 Å². The summed E-state index contributed by atoms with van der Waals surface area (Å²) < 4.78 is 11.5. The van der Waals surface area contributed by atoms with Crippen molar-refractivity contribution in [1.29, 1.82) is 0 Å².